The molecule has 0 aliphatic rings. The third kappa shape index (κ3) is 2.30. The van der Waals surface area contributed by atoms with Crippen molar-refractivity contribution >= 4 is 17.1 Å². The number of nitrogens with two attached hydrogens (primary N) is 1. The maximum Gasteiger partial charge on any atom is 0.443 e. The first-order valence-electron chi connectivity index (χ1n) is 3.65. The number of hydrogen-bond acceptors (Lipinski definition) is 4. The molecule has 0 spiro atoms. The van der Waals surface area contributed by atoms with Gasteiger partial charge in [-0.05, 0) is 6.92 Å². The molecule has 14 heavy (non-hydrogen) atoms. The molecule has 0 amide bonds. The third-order valence-corrected chi connectivity index (χ3v) is 2.46. The second-order valence-electron chi connectivity index (χ2n) is 2.68. The van der Waals surface area contributed by atoms with Gasteiger partial charge in [0.15, 0.2) is 10.8 Å². The summed E-state index contributed by atoms with van der Waals surface area (Å²) in [5.41, 5.74) is 5.23. The Bertz CT molecular complexity index is 345. The van der Waals surface area contributed by atoms with Gasteiger partial charge in [0.25, 0.3) is 0 Å². The molecule has 1 aromatic heterocycles. The molecule has 0 aliphatic heterocycles. The van der Waals surface area contributed by atoms with Gasteiger partial charge >= 0.3 is 6.18 Å². The first-order valence-corrected chi connectivity index (χ1v) is 4.47. The molecule has 0 aromatic carbocycles. The highest BCUT2D eigenvalue weighted by Crippen LogP contribution is 2.32. The average Bonchev–Trinajstić information content (AvgIpc) is 2.49. The Morgan fingerprint density at radius 1 is 1.64 bits per heavy atom. The lowest BCUT2D eigenvalue weighted by atomic mass is 10.2. The van der Waals surface area contributed by atoms with E-state index < -0.39 is 23.0 Å². The van der Waals surface area contributed by atoms with Gasteiger partial charge in [0.2, 0.25) is 0 Å². The van der Waals surface area contributed by atoms with Crippen molar-refractivity contribution in [2.24, 2.45) is 5.73 Å². The van der Waals surface area contributed by atoms with Crippen molar-refractivity contribution in [3.05, 3.63) is 16.1 Å². The lowest BCUT2D eigenvalue weighted by molar-refractivity contribution is -0.137. The van der Waals surface area contributed by atoms with Crippen molar-refractivity contribution in [1.29, 1.82) is 0 Å². The zero-order valence-corrected chi connectivity index (χ0v) is 7.95. The van der Waals surface area contributed by atoms with Crippen molar-refractivity contribution in [1.82, 2.24) is 4.98 Å². The minimum atomic E-state index is -4.50. The molecule has 0 bridgehead atoms. The predicted octanol–water partition coefficient (Wildman–Crippen LogP) is 1.69. The fourth-order valence-electron chi connectivity index (χ4n) is 0.743. The van der Waals surface area contributed by atoms with E-state index in [0.717, 1.165) is 6.20 Å². The van der Waals surface area contributed by atoms with Crippen molar-refractivity contribution in [2.75, 3.05) is 0 Å². The molecule has 1 rings (SSSR count). The van der Waals surface area contributed by atoms with Crippen LogP contribution in [0.3, 0.4) is 0 Å². The van der Waals surface area contributed by atoms with Crippen LogP contribution in [0.25, 0.3) is 0 Å². The highest BCUT2D eigenvalue weighted by atomic mass is 32.1. The molecule has 0 radical (unpaired) electrons. The summed E-state index contributed by atoms with van der Waals surface area (Å²) in [6.07, 6.45) is -3.60. The summed E-state index contributed by atoms with van der Waals surface area (Å²) in [4.78, 5) is 14.2. The first-order chi connectivity index (χ1) is 6.32. The van der Waals surface area contributed by atoms with Crippen LogP contribution >= 0.6 is 11.3 Å². The Labute approximate surface area is 81.7 Å². The summed E-state index contributed by atoms with van der Waals surface area (Å²) in [5, 5.41) is -1.03. The fraction of sp³-hybridized carbons (Fsp3) is 0.429. The van der Waals surface area contributed by atoms with Gasteiger partial charge in [-0.2, -0.15) is 13.2 Å². The van der Waals surface area contributed by atoms with Crippen LogP contribution in [-0.2, 0) is 6.18 Å². The van der Waals surface area contributed by atoms with Gasteiger partial charge in [0.05, 0.1) is 10.9 Å². The lowest BCUT2D eigenvalue weighted by Crippen LogP contribution is -2.25. The molecule has 1 aromatic rings. The number of thiazole rings is 1. The van der Waals surface area contributed by atoms with Crippen LogP contribution in [0.15, 0.2) is 6.20 Å². The number of nitrogens with zero attached hydrogens (tertiary/aromatic N) is 1. The van der Waals surface area contributed by atoms with Gasteiger partial charge in [0.1, 0.15) is 0 Å². The molecule has 1 heterocycles. The van der Waals surface area contributed by atoms with Gasteiger partial charge in [-0.25, -0.2) is 4.98 Å². The number of alkyl halides is 3. The van der Waals surface area contributed by atoms with Crippen LogP contribution in [0.1, 0.15) is 21.6 Å². The topological polar surface area (TPSA) is 56.0 Å². The molecule has 0 aliphatic carbocycles. The highest BCUT2D eigenvalue weighted by molar-refractivity contribution is 7.13. The van der Waals surface area contributed by atoms with E-state index in [1.807, 2.05) is 0 Å². The van der Waals surface area contributed by atoms with Crippen LogP contribution in [0.5, 0.6) is 0 Å². The molecule has 7 heteroatoms. The molecule has 3 nitrogen and oxygen atoms in total. The standard InChI is InChI=1S/C7H7F3N2OS/c1-3(11)5(13)4-2-12-6(14-4)7(8,9)10/h2-3H,11H2,1H3. The van der Waals surface area contributed by atoms with Gasteiger partial charge in [-0.3, -0.25) is 4.79 Å². The van der Waals surface area contributed by atoms with Crippen LogP contribution in [0.2, 0.25) is 0 Å². The van der Waals surface area contributed by atoms with Gasteiger partial charge < -0.3 is 5.73 Å². The summed E-state index contributed by atoms with van der Waals surface area (Å²) in [6.45, 7) is 1.41. The zero-order valence-electron chi connectivity index (χ0n) is 7.13. The van der Waals surface area contributed by atoms with E-state index in [1.54, 1.807) is 0 Å². The van der Waals surface area contributed by atoms with Crippen LogP contribution in [-0.4, -0.2) is 16.8 Å². The highest BCUT2D eigenvalue weighted by Gasteiger charge is 2.35. The summed E-state index contributed by atoms with van der Waals surface area (Å²) in [5.74, 6) is -0.530. The Morgan fingerprint density at radius 3 is 2.57 bits per heavy atom. The summed E-state index contributed by atoms with van der Waals surface area (Å²) in [6, 6.07) is -0.809. The van der Waals surface area contributed by atoms with E-state index in [1.165, 1.54) is 6.92 Å². The average molecular weight is 224 g/mol. The van der Waals surface area contributed by atoms with Gasteiger partial charge in [-0.15, -0.1) is 11.3 Å². The monoisotopic (exact) mass is 224 g/mol. The molecule has 0 saturated heterocycles. The lowest BCUT2D eigenvalue weighted by Gasteiger charge is -2.00. The summed E-state index contributed by atoms with van der Waals surface area (Å²) in [7, 11) is 0. The molecular weight excluding hydrogens is 217 g/mol. The normalized spacial score (nSPS) is 14.1. The molecule has 0 saturated carbocycles. The van der Waals surface area contributed by atoms with E-state index in [-0.39, 0.29) is 4.88 Å². The van der Waals surface area contributed by atoms with Crippen LogP contribution in [0, 0.1) is 0 Å². The quantitative estimate of drug-likeness (QED) is 0.778. The van der Waals surface area contributed by atoms with Crippen molar-refractivity contribution in [3.63, 3.8) is 0 Å². The number of rotatable bonds is 2. The van der Waals surface area contributed by atoms with Crippen molar-refractivity contribution < 1.29 is 18.0 Å². The summed E-state index contributed by atoms with van der Waals surface area (Å²) < 4.78 is 36.2. The van der Waals surface area contributed by atoms with E-state index in [0.29, 0.717) is 11.3 Å². The number of hydrogen-bond donors (Lipinski definition) is 1. The molecule has 2 N–H and O–H groups in total. The Morgan fingerprint density at radius 2 is 2.21 bits per heavy atom. The Hall–Kier alpha value is -0.950. The number of carbonyl (C=O) groups excluding carboxylic acids is 1. The molecular formula is C7H7F3N2OS. The number of carbonyl (C=O) groups is 1. The zero-order chi connectivity index (χ0) is 10.9. The maximum atomic E-state index is 12.1. The van der Waals surface area contributed by atoms with Crippen molar-refractivity contribution in [3.8, 4) is 0 Å². The Balaban J connectivity index is 2.95. The van der Waals surface area contributed by atoms with E-state index in [4.69, 9.17) is 5.73 Å². The molecule has 78 valence electrons. The number of ketones is 1. The van der Waals surface area contributed by atoms with Gasteiger partial charge in [-0.1, -0.05) is 0 Å². The third-order valence-electron chi connectivity index (χ3n) is 1.40. The first kappa shape index (κ1) is 11.1. The van der Waals surface area contributed by atoms with E-state index >= 15 is 0 Å². The number of Topliss-reactive ketones (excluding diaryl/α,β-unsaturated/α-hetero) is 1. The minimum absolute atomic E-state index is 0.0627. The number of aromatic nitrogens is 1. The smallest absolute Gasteiger partial charge is 0.321 e. The summed E-state index contributed by atoms with van der Waals surface area (Å²) >= 11 is 0.311. The van der Waals surface area contributed by atoms with Gasteiger partial charge in [0, 0.05) is 6.20 Å². The minimum Gasteiger partial charge on any atom is -0.321 e. The molecule has 0 fully saturated rings. The second kappa shape index (κ2) is 3.66. The van der Waals surface area contributed by atoms with E-state index in [9.17, 15) is 18.0 Å². The van der Waals surface area contributed by atoms with Crippen LogP contribution in [0.4, 0.5) is 13.2 Å². The molecule has 1 unspecified atom stereocenters. The van der Waals surface area contributed by atoms with Crippen molar-refractivity contribution in [2.45, 2.75) is 19.1 Å². The van der Waals surface area contributed by atoms with E-state index in [2.05, 4.69) is 4.98 Å². The maximum absolute atomic E-state index is 12.1. The second-order valence-corrected chi connectivity index (χ2v) is 3.71. The predicted molar refractivity (Wildman–Crippen MR) is 45.1 cm³/mol. The largest absolute Gasteiger partial charge is 0.443 e. The van der Waals surface area contributed by atoms with Crippen LogP contribution < -0.4 is 5.73 Å². The fourth-order valence-corrected chi connectivity index (χ4v) is 1.56. The Kier molecular flexibility index (Phi) is 2.91. The number of halogens is 3. The molecule has 1 atom stereocenters. The SMILES string of the molecule is CC(N)C(=O)c1cnc(C(F)(F)F)s1.